The van der Waals surface area contributed by atoms with Gasteiger partial charge in [0.25, 0.3) is 0 Å². The van der Waals surface area contributed by atoms with E-state index in [4.69, 9.17) is 5.73 Å². The first-order valence-corrected chi connectivity index (χ1v) is 7.62. The molecule has 2 rings (SSSR count). The molecule has 2 amide bonds. The minimum absolute atomic E-state index is 0.00297. The number of nitrogens with zero attached hydrogens (tertiary/aromatic N) is 2. The van der Waals surface area contributed by atoms with Crippen LogP contribution in [0.1, 0.15) is 57.9 Å². The second kappa shape index (κ2) is 6.74. The lowest BCUT2D eigenvalue weighted by atomic mass is 9.89. The van der Waals surface area contributed by atoms with Crippen molar-refractivity contribution in [3.63, 3.8) is 0 Å². The van der Waals surface area contributed by atoms with Crippen LogP contribution in [0.5, 0.6) is 0 Å². The SMILES string of the molecule is C[C@H](CC(=O)NC1(C(N)=O)CCCCCC1)n1ccnc1. The van der Waals surface area contributed by atoms with Crippen molar-refractivity contribution < 1.29 is 9.59 Å². The van der Waals surface area contributed by atoms with Gasteiger partial charge in [0.1, 0.15) is 5.54 Å². The minimum Gasteiger partial charge on any atom is -0.368 e. The van der Waals surface area contributed by atoms with Gasteiger partial charge in [0, 0.05) is 24.9 Å². The fraction of sp³-hybridized carbons (Fsp3) is 0.667. The molecule has 1 aromatic heterocycles. The molecule has 0 spiro atoms. The Kier molecular flexibility index (Phi) is 4.98. The summed E-state index contributed by atoms with van der Waals surface area (Å²) in [4.78, 5) is 28.1. The highest BCUT2D eigenvalue weighted by Gasteiger charge is 2.38. The van der Waals surface area contributed by atoms with E-state index in [1.54, 1.807) is 12.5 Å². The van der Waals surface area contributed by atoms with E-state index in [1.165, 1.54) is 0 Å². The van der Waals surface area contributed by atoms with Gasteiger partial charge in [-0.3, -0.25) is 9.59 Å². The topological polar surface area (TPSA) is 90.0 Å². The molecule has 116 valence electrons. The van der Waals surface area contributed by atoms with Crippen LogP contribution in [-0.4, -0.2) is 26.9 Å². The van der Waals surface area contributed by atoms with Crippen molar-refractivity contribution in [1.29, 1.82) is 0 Å². The number of carbonyl (C=O) groups is 2. The van der Waals surface area contributed by atoms with Crippen LogP contribution in [0.2, 0.25) is 0 Å². The molecule has 1 heterocycles. The molecule has 1 aromatic rings. The summed E-state index contributed by atoms with van der Waals surface area (Å²) >= 11 is 0. The van der Waals surface area contributed by atoms with Gasteiger partial charge in [-0.25, -0.2) is 4.98 Å². The number of carbonyl (C=O) groups excluding carboxylic acids is 2. The first-order valence-electron chi connectivity index (χ1n) is 7.62. The molecule has 0 bridgehead atoms. The average molecular weight is 292 g/mol. The molecular formula is C15H24N4O2. The highest BCUT2D eigenvalue weighted by atomic mass is 16.2. The number of aromatic nitrogens is 2. The van der Waals surface area contributed by atoms with Crippen molar-refractivity contribution in [3.05, 3.63) is 18.7 Å². The molecule has 1 atom stereocenters. The summed E-state index contributed by atoms with van der Waals surface area (Å²) < 4.78 is 1.88. The van der Waals surface area contributed by atoms with Crippen molar-refractivity contribution >= 4 is 11.8 Å². The molecule has 0 radical (unpaired) electrons. The van der Waals surface area contributed by atoms with Crippen molar-refractivity contribution in [2.24, 2.45) is 5.73 Å². The first kappa shape index (κ1) is 15.5. The molecule has 0 aromatic carbocycles. The molecule has 0 aliphatic heterocycles. The number of hydrogen-bond acceptors (Lipinski definition) is 3. The van der Waals surface area contributed by atoms with Crippen LogP contribution < -0.4 is 11.1 Å². The number of primary amides is 1. The first-order chi connectivity index (χ1) is 10.0. The largest absolute Gasteiger partial charge is 0.368 e. The third-order valence-corrected chi connectivity index (χ3v) is 4.32. The Morgan fingerprint density at radius 3 is 2.52 bits per heavy atom. The second-order valence-corrected chi connectivity index (χ2v) is 5.97. The Hall–Kier alpha value is -1.85. The van der Waals surface area contributed by atoms with Crippen molar-refractivity contribution in [3.8, 4) is 0 Å². The third kappa shape index (κ3) is 3.83. The van der Waals surface area contributed by atoms with Crippen LogP contribution in [0.3, 0.4) is 0 Å². The summed E-state index contributed by atoms with van der Waals surface area (Å²) in [5, 5.41) is 2.92. The molecule has 1 fully saturated rings. The van der Waals surface area contributed by atoms with Gasteiger partial charge in [-0.2, -0.15) is 0 Å². The summed E-state index contributed by atoms with van der Waals surface area (Å²) in [6.07, 6.45) is 10.9. The van der Waals surface area contributed by atoms with Crippen LogP contribution >= 0.6 is 0 Å². The maximum Gasteiger partial charge on any atom is 0.243 e. The molecule has 1 saturated carbocycles. The van der Waals surface area contributed by atoms with E-state index in [0.717, 1.165) is 25.7 Å². The zero-order valence-electron chi connectivity index (χ0n) is 12.5. The lowest BCUT2D eigenvalue weighted by Gasteiger charge is -2.31. The van der Waals surface area contributed by atoms with Gasteiger partial charge in [-0.1, -0.05) is 25.7 Å². The second-order valence-electron chi connectivity index (χ2n) is 5.97. The summed E-state index contributed by atoms with van der Waals surface area (Å²) in [6, 6.07) is 0.00297. The van der Waals surface area contributed by atoms with E-state index in [0.29, 0.717) is 19.3 Å². The summed E-state index contributed by atoms with van der Waals surface area (Å²) in [6.45, 7) is 1.95. The third-order valence-electron chi connectivity index (χ3n) is 4.32. The van der Waals surface area contributed by atoms with Gasteiger partial charge in [-0.05, 0) is 19.8 Å². The van der Waals surface area contributed by atoms with Gasteiger partial charge >= 0.3 is 0 Å². The van der Waals surface area contributed by atoms with Crippen LogP contribution in [0.15, 0.2) is 18.7 Å². The van der Waals surface area contributed by atoms with Gasteiger partial charge in [0.05, 0.1) is 6.33 Å². The van der Waals surface area contributed by atoms with Crippen LogP contribution in [0.25, 0.3) is 0 Å². The maximum atomic E-state index is 12.3. The van der Waals surface area contributed by atoms with Crippen molar-refractivity contribution in [2.45, 2.75) is 63.5 Å². The Balaban J connectivity index is 1.99. The van der Waals surface area contributed by atoms with E-state index in [2.05, 4.69) is 10.3 Å². The molecular weight excluding hydrogens is 268 g/mol. The van der Waals surface area contributed by atoms with E-state index in [-0.39, 0.29) is 11.9 Å². The number of nitrogens with two attached hydrogens (primary N) is 1. The average Bonchev–Trinajstić information content (AvgIpc) is 2.86. The number of amides is 2. The number of imidazole rings is 1. The number of rotatable bonds is 5. The van der Waals surface area contributed by atoms with Crippen LogP contribution in [0.4, 0.5) is 0 Å². The summed E-state index contributed by atoms with van der Waals surface area (Å²) in [5.41, 5.74) is 4.72. The quantitative estimate of drug-likeness (QED) is 0.806. The Morgan fingerprint density at radius 1 is 1.33 bits per heavy atom. The van der Waals surface area contributed by atoms with Crippen LogP contribution in [0, 0.1) is 0 Å². The zero-order chi connectivity index (χ0) is 15.3. The molecule has 3 N–H and O–H groups in total. The molecule has 6 nitrogen and oxygen atoms in total. The predicted molar refractivity (Wildman–Crippen MR) is 79.3 cm³/mol. The molecule has 1 aliphatic carbocycles. The number of nitrogens with one attached hydrogen (secondary N) is 1. The van der Waals surface area contributed by atoms with Crippen molar-refractivity contribution in [2.75, 3.05) is 0 Å². The zero-order valence-corrected chi connectivity index (χ0v) is 12.5. The van der Waals surface area contributed by atoms with E-state index in [9.17, 15) is 9.59 Å². The van der Waals surface area contributed by atoms with E-state index >= 15 is 0 Å². The summed E-state index contributed by atoms with van der Waals surface area (Å²) in [7, 11) is 0. The highest BCUT2D eigenvalue weighted by Crippen LogP contribution is 2.27. The Bertz CT molecular complexity index is 476. The smallest absolute Gasteiger partial charge is 0.243 e. The lowest BCUT2D eigenvalue weighted by Crippen LogP contribution is -2.57. The molecule has 0 saturated heterocycles. The normalized spacial score (nSPS) is 19.5. The Labute approximate surface area is 125 Å². The lowest BCUT2D eigenvalue weighted by molar-refractivity contribution is -0.132. The molecule has 6 heteroatoms. The van der Waals surface area contributed by atoms with Gasteiger partial charge in [-0.15, -0.1) is 0 Å². The standard InChI is InChI=1S/C15H24N4O2/c1-12(19-9-8-17-11-19)10-13(20)18-15(14(16)21)6-4-2-3-5-7-15/h8-9,11-12H,2-7,10H2,1H3,(H2,16,21)(H,18,20)/t12-/m1/s1. The summed E-state index contributed by atoms with van der Waals surface area (Å²) in [5.74, 6) is -0.537. The molecule has 0 unspecified atom stereocenters. The van der Waals surface area contributed by atoms with Crippen LogP contribution in [-0.2, 0) is 9.59 Å². The predicted octanol–water partition coefficient (Wildman–Crippen LogP) is 1.53. The number of hydrogen-bond donors (Lipinski definition) is 2. The fourth-order valence-electron chi connectivity index (χ4n) is 2.99. The van der Waals surface area contributed by atoms with E-state index < -0.39 is 11.4 Å². The maximum absolute atomic E-state index is 12.3. The van der Waals surface area contributed by atoms with Gasteiger partial charge in [0.15, 0.2) is 0 Å². The molecule has 21 heavy (non-hydrogen) atoms. The van der Waals surface area contributed by atoms with E-state index in [1.807, 2.05) is 17.7 Å². The van der Waals surface area contributed by atoms with Crippen molar-refractivity contribution in [1.82, 2.24) is 14.9 Å². The highest BCUT2D eigenvalue weighted by molar-refractivity contribution is 5.90. The van der Waals surface area contributed by atoms with Gasteiger partial charge < -0.3 is 15.6 Å². The monoisotopic (exact) mass is 292 g/mol. The minimum atomic E-state index is -0.859. The van der Waals surface area contributed by atoms with Gasteiger partial charge in [0.2, 0.25) is 11.8 Å². The fourth-order valence-corrected chi connectivity index (χ4v) is 2.99. The molecule has 1 aliphatic rings. The Morgan fingerprint density at radius 2 is 2.00 bits per heavy atom.